The minimum absolute atomic E-state index is 0.0713. The molecule has 26 heavy (non-hydrogen) atoms. The zero-order chi connectivity index (χ0) is 17.7. The molecule has 4 atom stereocenters. The Morgan fingerprint density at radius 1 is 1.38 bits per heavy atom. The standard InChI is InChI=1S/C20H29N3O2S/c1-22-8-5-14(6-9-22)23-12-16-15(17-4-7-20(16,13-23)25-17)11-21-19(24)18-3-2-10-26-18/h2-3,10,14-17H,4-9,11-13H2,1H3,(H,21,24)/t15-,16+,17+,20+/m0/s1. The number of piperidine rings is 1. The van der Waals surface area contributed by atoms with E-state index in [4.69, 9.17) is 4.74 Å². The van der Waals surface area contributed by atoms with Gasteiger partial charge in [0.25, 0.3) is 5.91 Å². The lowest BCUT2D eigenvalue weighted by atomic mass is 9.73. The number of rotatable bonds is 4. The number of fused-ring (bicyclic) bond motifs is 1. The van der Waals surface area contributed by atoms with Crippen molar-refractivity contribution in [3.63, 3.8) is 0 Å². The molecule has 4 fully saturated rings. The number of likely N-dealkylation sites (tertiary alicyclic amines) is 2. The third kappa shape index (κ3) is 2.82. The first-order valence-corrected chi connectivity index (χ1v) is 10.9. The molecule has 4 aliphatic heterocycles. The maximum absolute atomic E-state index is 12.3. The first-order valence-electron chi connectivity index (χ1n) is 10.1. The van der Waals surface area contributed by atoms with Crippen LogP contribution in [0.25, 0.3) is 0 Å². The summed E-state index contributed by atoms with van der Waals surface area (Å²) in [5.74, 6) is 1.13. The topological polar surface area (TPSA) is 44.8 Å². The molecule has 4 saturated heterocycles. The average Bonchev–Trinajstić information content (AvgIpc) is 3.40. The Labute approximate surface area is 159 Å². The highest BCUT2D eigenvalue weighted by Gasteiger charge is 2.63. The molecule has 2 bridgehead atoms. The number of nitrogens with zero attached hydrogens (tertiary/aromatic N) is 2. The first kappa shape index (κ1) is 17.2. The monoisotopic (exact) mass is 375 g/mol. The van der Waals surface area contributed by atoms with Crippen LogP contribution in [-0.4, -0.2) is 73.2 Å². The smallest absolute Gasteiger partial charge is 0.261 e. The maximum Gasteiger partial charge on any atom is 0.261 e. The van der Waals surface area contributed by atoms with Crippen LogP contribution in [-0.2, 0) is 4.74 Å². The van der Waals surface area contributed by atoms with E-state index in [9.17, 15) is 4.79 Å². The first-order chi connectivity index (χ1) is 12.6. The summed E-state index contributed by atoms with van der Waals surface area (Å²) in [7, 11) is 2.23. The number of nitrogens with one attached hydrogen (secondary N) is 1. The second kappa shape index (κ2) is 6.59. The van der Waals surface area contributed by atoms with E-state index in [1.165, 1.54) is 43.7 Å². The van der Waals surface area contributed by atoms with E-state index in [2.05, 4.69) is 22.2 Å². The summed E-state index contributed by atoms with van der Waals surface area (Å²) < 4.78 is 6.56. The largest absolute Gasteiger partial charge is 0.370 e. The van der Waals surface area contributed by atoms with Crippen molar-refractivity contribution < 1.29 is 9.53 Å². The van der Waals surface area contributed by atoms with Gasteiger partial charge >= 0.3 is 0 Å². The molecule has 6 heteroatoms. The molecule has 1 aromatic rings. The van der Waals surface area contributed by atoms with Gasteiger partial charge in [-0.2, -0.15) is 0 Å². The van der Waals surface area contributed by atoms with Gasteiger partial charge in [-0.1, -0.05) is 6.07 Å². The summed E-state index contributed by atoms with van der Waals surface area (Å²) in [4.78, 5) is 18.3. The second-order valence-corrected chi connectivity index (χ2v) is 9.63. The van der Waals surface area contributed by atoms with E-state index in [0.717, 1.165) is 37.0 Å². The Balaban J connectivity index is 1.24. The summed E-state index contributed by atoms with van der Waals surface area (Å²) in [6.45, 7) is 5.45. The van der Waals surface area contributed by atoms with Crippen LogP contribution in [0.3, 0.4) is 0 Å². The van der Waals surface area contributed by atoms with Crippen LogP contribution < -0.4 is 5.32 Å². The fraction of sp³-hybridized carbons (Fsp3) is 0.750. The molecule has 5 nitrogen and oxygen atoms in total. The molecule has 1 N–H and O–H groups in total. The van der Waals surface area contributed by atoms with Crippen LogP contribution in [0.2, 0.25) is 0 Å². The van der Waals surface area contributed by atoms with Crippen molar-refractivity contribution in [2.75, 3.05) is 39.8 Å². The zero-order valence-corrected chi connectivity index (χ0v) is 16.3. The van der Waals surface area contributed by atoms with Crippen LogP contribution in [0.4, 0.5) is 0 Å². The van der Waals surface area contributed by atoms with Crippen LogP contribution >= 0.6 is 11.3 Å². The molecular weight excluding hydrogens is 346 g/mol. The lowest BCUT2D eigenvalue weighted by Crippen LogP contribution is -2.44. The lowest BCUT2D eigenvalue weighted by molar-refractivity contribution is -0.00416. The van der Waals surface area contributed by atoms with Crippen molar-refractivity contribution in [2.45, 2.75) is 43.4 Å². The summed E-state index contributed by atoms with van der Waals surface area (Å²) >= 11 is 1.51. The molecule has 0 saturated carbocycles. The van der Waals surface area contributed by atoms with Crippen molar-refractivity contribution in [2.24, 2.45) is 11.8 Å². The van der Waals surface area contributed by atoms with Gasteiger partial charge in [-0.25, -0.2) is 0 Å². The normalized spacial score (nSPS) is 38.0. The number of amides is 1. The molecule has 0 radical (unpaired) electrons. The molecule has 0 unspecified atom stereocenters. The van der Waals surface area contributed by atoms with Crippen LogP contribution in [0, 0.1) is 11.8 Å². The van der Waals surface area contributed by atoms with Crippen molar-refractivity contribution in [3.05, 3.63) is 22.4 Å². The number of ether oxygens (including phenoxy) is 1. The fourth-order valence-corrected chi connectivity index (χ4v) is 6.48. The third-order valence-electron chi connectivity index (χ3n) is 7.26. The molecule has 1 aromatic heterocycles. The van der Waals surface area contributed by atoms with Gasteiger partial charge in [-0.05, 0) is 57.3 Å². The van der Waals surface area contributed by atoms with Crippen molar-refractivity contribution in [1.82, 2.24) is 15.1 Å². The van der Waals surface area contributed by atoms with Gasteiger partial charge in [-0.15, -0.1) is 11.3 Å². The molecule has 0 aromatic carbocycles. The fourth-order valence-electron chi connectivity index (χ4n) is 5.84. The highest BCUT2D eigenvalue weighted by atomic mass is 32.1. The molecule has 1 amide bonds. The lowest BCUT2D eigenvalue weighted by Gasteiger charge is -2.36. The summed E-state index contributed by atoms with van der Waals surface area (Å²) in [6.07, 6.45) is 5.28. The van der Waals surface area contributed by atoms with Gasteiger partial charge < -0.3 is 15.0 Å². The SMILES string of the molecule is CN1CCC(N2C[C@@H]3[C@H](CNC(=O)c4cccs4)[C@H]4CC[C@]3(C2)O4)CC1. The molecule has 142 valence electrons. The van der Waals surface area contributed by atoms with Crippen molar-refractivity contribution in [1.29, 1.82) is 0 Å². The van der Waals surface area contributed by atoms with Crippen LogP contribution in [0.1, 0.15) is 35.4 Å². The van der Waals surface area contributed by atoms with Gasteiger partial charge in [0.15, 0.2) is 0 Å². The third-order valence-corrected chi connectivity index (χ3v) is 8.13. The number of hydrogen-bond donors (Lipinski definition) is 1. The molecule has 5 rings (SSSR count). The number of thiophene rings is 1. The van der Waals surface area contributed by atoms with E-state index in [1.807, 2.05) is 17.5 Å². The van der Waals surface area contributed by atoms with E-state index in [-0.39, 0.29) is 11.5 Å². The highest BCUT2D eigenvalue weighted by Crippen LogP contribution is 2.55. The number of hydrogen-bond acceptors (Lipinski definition) is 5. The zero-order valence-electron chi connectivity index (χ0n) is 15.5. The van der Waals surface area contributed by atoms with Gasteiger partial charge in [-0.3, -0.25) is 9.69 Å². The van der Waals surface area contributed by atoms with Gasteiger partial charge in [0.05, 0.1) is 16.6 Å². The van der Waals surface area contributed by atoms with E-state index < -0.39 is 0 Å². The minimum atomic E-state index is 0.0713. The number of carbonyl (C=O) groups is 1. The molecule has 4 aliphatic rings. The molecule has 1 spiro atoms. The Morgan fingerprint density at radius 3 is 3.00 bits per heavy atom. The number of carbonyl (C=O) groups excluding carboxylic acids is 1. The van der Waals surface area contributed by atoms with Crippen LogP contribution in [0.15, 0.2) is 17.5 Å². The Bertz CT molecular complexity index is 658. The molecule has 5 heterocycles. The van der Waals surface area contributed by atoms with Crippen molar-refractivity contribution in [3.8, 4) is 0 Å². The van der Waals surface area contributed by atoms with Crippen LogP contribution in [0.5, 0.6) is 0 Å². The summed E-state index contributed by atoms with van der Waals surface area (Å²) in [6, 6.07) is 4.55. The Kier molecular flexibility index (Phi) is 4.35. The van der Waals surface area contributed by atoms with Gasteiger partial charge in [0.2, 0.25) is 0 Å². The van der Waals surface area contributed by atoms with Gasteiger partial charge in [0.1, 0.15) is 0 Å². The molecule has 0 aliphatic carbocycles. The van der Waals surface area contributed by atoms with E-state index in [0.29, 0.717) is 17.9 Å². The average molecular weight is 376 g/mol. The van der Waals surface area contributed by atoms with E-state index in [1.54, 1.807) is 0 Å². The highest BCUT2D eigenvalue weighted by molar-refractivity contribution is 7.12. The Hall–Kier alpha value is -0.950. The van der Waals surface area contributed by atoms with Crippen molar-refractivity contribution >= 4 is 17.2 Å². The Morgan fingerprint density at radius 2 is 2.23 bits per heavy atom. The molecular formula is C20H29N3O2S. The maximum atomic E-state index is 12.3. The van der Waals surface area contributed by atoms with Gasteiger partial charge in [0, 0.05) is 37.5 Å². The summed E-state index contributed by atoms with van der Waals surface area (Å²) in [5, 5.41) is 5.15. The quantitative estimate of drug-likeness (QED) is 0.875. The second-order valence-electron chi connectivity index (χ2n) is 8.68. The summed E-state index contributed by atoms with van der Waals surface area (Å²) in [5.41, 5.74) is 0.0757. The predicted octanol–water partition coefficient (Wildman–Crippen LogP) is 2.05. The minimum Gasteiger partial charge on any atom is -0.370 e. The predicted molar refractivity (Wildman–Crippen MR) is 103 cm³/mol. The van der Waals surface area contributed by atoms with E-state index >= 15 is 0 Å².